The molecule has 108 valence electrons. The van der Waals surface area contributed by atoms with Gasteiger partial charge in [0.2, 0.25) is 0 Å². The van der Waals surface area contributed by atoms with E-state index in [4.69, 9.17) is 9.47 Å². The van der Waals surface area contributed by atoms with Crippen molar-refractivity contribution in [1.29, 1.82) is 0 Å². The standard InChI is InChI=1S/C15H25NO2S/c1-12(2)8-14-4-5-15(19-14)10-16(3)9-13-11-17-6-7-18-13/h4-5,12-13H,6-11H2,1-3H3/t13-/m1/s1. The summed E-state index contributed by atoms with van der Waals surface area (Å²) in [7, 11) is 2.15. The van der Waals surface area contributed by atoms with E-state index in [0.29, 0.717) is 0 Å². The third-order valence-electron chi connectivity index (χ3n) is 3.15. The molecule has 1 aromatic rings. The summed E-state index contributed by atoms with van der Waals surface area (Å²) in [4.78, 5) is 5.26. The molecule has 1 saturated heterocycles. The van der Waals surface area contributed by atoms with Crippen LogP contribution in [0.25, 0.3) is 0 Å². The Morgan fingerprint density at radius 1 is 1.32 bits per heavy atom. The van der Waals surface area contributed by atoms with E-state index >= 15 is 0 Å². The van der Waals surface area contributed by atoms with E-state index in [-0.39, 0.29) is 6.10 Å². The number of hydrogen-bond acceptors (Lipinski definition) is 4. The smallest absolute Gasteiger partial charge is 0.0936 e. The van der Waals surface area contributed by atoms with Crippen molar-refractivity contribution in [3.63, 3.8) is 0 Å². The van der Waals surface area contributed by atoms with E-state index < -0.39 is 0 Å². The lowest BCUT2D eigenvalue weighted by atomic mass is 10.1. The SMILES string of the molecule is CC(C)Cc1ccc(CN(C)C[C@@H]2COCCO2)s1. The number of thiophene rings is 1. The second-order valence-electron chi connectivity index (χ2n) is 5.73. The molecule has 3 nitrogen and oxygen atoms in total. The summed E-state index contributed by atoms with van der Waals surface area (Å²) in [6, 6.07) is 4.53. The molecule has 1 aromatic heterocycles. The number of ether oxygens (including phenoxy) is 2. The monoisotopic (exact) mass is 283 g/mol. The minimum Gasteiger partial charge on any atom is -0.376 e. The first kappa shape index (κ1) is 15.0. The van der Waals surface area contributed by atoms with Crippen LogP contribution in [0.15, 0.2) is 12.1 Å². The zero-order chi connectivity index (χ0) is 13.7. The zero-order valence-corrected chi connectivity index (χ0v) is 13.0. The average Bonchev–Trinajstić information content (AvgIpc) is 2.76. The van der Waals surface area contributed by atoms with Gasteiger partial charge in [0.15, 0.2) is 0 Å². The molecule has 2 rings (SSSR count). The summed E-state index contributed by atoms with van der Waals surface area (Å²) >= 11 is 1.94. The molecule has 4 heteroatoms. The molecule has 1 aliphatic rings. The van der Waals surface area contributed by atoms with E-state index in [1.807, 2.05) is 11.3 Å². The molecule has 0 radical (unpaired) electrons. The van der Waals surface area contributed by atoms with Crippen LogP contribution in [0.3, 0.4) is 0 Å². The van der Waals surface area contributed by atoms with Gasteiger partial charge in [0.25, 0.3) is 0 Å². The minimum atomic E-state index is 0.230. The molecular weight excluding hydrogens is 258 g/mol. The van der Waals surface area contributed by atoms with Crippen LogP contribution in [-0.2, 0) is 22.4 Å². The highest BCUT2D eigenvalue weighted by Gasteiger charge is 2.16. The lowest BCUT2D eigenvalue weighted by molar-refractivity contribution is -0.0962. The van der Waals surface area contributed by atoms with Crippen molar-refractivity contribution >= 4 is 11.3 Å². The van der Waals surface area contributed by atoms with Crippen molar-refractivity contribution in [3.05, 3.63) is 21.9 Å². The lowest BCUT2D eigenvalue weighted by Gasteiger charge is -2.27. The Labute approximate surface area is 120 Å². The van der Waals surface area contributed by atoms with Crippen LogP contribution in [0.4, 0.5) is 0 Å². The van der Waals surface area contributed by atoms with Gasteiger partial charge in [0, 0.05) is 22.8 Å². The fourth-order valence-electron chi connectivity index (χ4n) is 2.34. The molecule has 0 aliphatic carbocycles. The summed E-state index contributed by atoms with van der Waals surface area (Å²) in [6.07, 6.45) is 1.42. The van der Waals surface area contributed by atoms with E-state index in [1.165, 1.54) is 16.2 Å². The van der Waals surface area contributed by atoms with Gasteiger partial charge in [-0.2, -0.15) is 0 Å². The Morgan fingerprint density at radius 2 is 2.11 bits per heavy atom. The third kappa shape index (κ3) is 5.22. The topological polar surface area (TPSA) is 21.7 Å². The average molecular weight is 283 g/mol. The second-order valence-corrected chi connectivity index (χ2v) is 6.98. The highest BCUT2D eigenvalue weighted by Crippen LogP contribution is 2.21. The van der Waals surface area contributed by atoms with Crippen LogP contribution in [0.1, 0.15) is 23.6 Å². The summed E-state index contributed by atoms with van der Waals surface area (Å²) in [6.45, 7) is 8.69. The first-order valence-electron chi connectivity index (χ1n) is 7.09. The Balaban J connectivity index is 1.77. The predicted octanol–water partition coefficient (Wildman–Crippen LogP) is 2.79. The molecule has 0 unspecified atom stereocenters. The van der Waals surface area contributed by atoms with E-state index in [2.05, 4.69) is 37.9 Å². The maximum atomic E-state index is 5.68. The van der Waals surface area contributed by atoms with Crippen LogP contribution in [0.5, 0.6) is 0 Å². The van der Waals surface area contributed by atoms with Gasteiger partial charge >= 0.3 is 0 Å². The fraction of sp³-hybridized carbons (Fsp3) is 0.733. The van der Waals surface area contributed by atoms with E-state index in [1.54, 1.807) is 0 Å². The molecule has 19 heavy (non-hydrogen) atoms. The van der Waals surface area contributed by atoms with Crippen molar-refractivity contribution in [3.8, 4) is 0 Å². The van der Waals surface area contributed by atoms with Gasteiger partial charge in [0.1, 0.15) is 0 Å². The molecule has 1 aliphatic heterocycles. The highest BCUT2D eigenvalue weighted by molar-refractivity contribution is 7.11. The molecule has 2 heterocycles. The van der Waals surface area contributed by atoms with Crippen molar-refractivity contribution in [2.45, 2.75) is 32.9 Å². The number of hydrogen-bond donors (Lipinski definition) is 0. The summed E-state index contributed by atoms with van der Waals surface area (Å²) in [5.41, 5.74) is 0. The maximum Gasteiger partial charge on any atom is 0.0936 e. The summed E-state index contributed by atoms with van der Waals surface area (Å²) in [5, 5.41) is 0. The summed E-state index contributed by atoms with van der Waals surface area (Å²) < 4.78 is 11.1. The molecule has 0 bridgehead atoms. The molecule has 0 amide bonds. The quantitative estimate of drug-likeness (QED) is 0.801. The number of nitrogens with zero attached hydrogens (tertiary/aromatic N) is 1. The van der Waals surface area contributed by atoms with Gasteiger partial charge in [0.05, 0.1) is 25.9 Å². The molecule has 0 N–H and O–H groups in total. The molecular formula is C15H25NO2S. The zero-order valence-electron chi connectivity index (χ0n) is 12.2. The number of likely N-dealkylation sites (N-methyl/N-ethyl adjacent to an activating group) is 1. The van der Waals surface area contributed by atoms with Crippen molar-refractivity contribution in [2.24, 2.45) is 5.92 Å². The van der Waals surface area contributed by atoms with Crippen LogP contribution in [0, 0.1) is 5.92 Å². The maximum absolute atomic E-state index is 5.68. The molecule has 0 saturated carbocycles. The molecule has 0 aromatic carbocycles. The van der Waals surface area contributed by atoms with Gasteiger partial charge in [-0.15, -0.1) is 11.3 Å². The van der Waals surface area contributed by atoms with Crippen LogP contribution in [0.2, 0.25) is 0 Å². The van der Waals surface area contributed by atoms with Crippen molar-refractivity contribution < 1.29 is 9.47 Å². The third-order valence-corrected chi connectivity index (χ3v) is 4.25. The van der Waals surface area contributed by atoms with Crippen LogP contribution < -0.4 is 0 Å². The van der Waals surface area contributed by atoms with Crippen LogP contribution >= 0.6 is 11.3 Å². The highest BCUT2D eigenvalue weighted by atomic mass is 32.1. The Bertz CT molecular complexity index is 372. The van der Waals surface area contributed by atoms with E-state index in [9.17, 15) is 0 Å². The normalized spacial score (nSPS) is 20.4. The van der Waals surface area contributed by atoms with Gasteiger partial charge in [-0.1, -0.05) is 13.8 Å². The molecule has 1 fully saturated rings. The molecule has 1 atom stereocenters. The Kier molecular flexibility index (Phi) is 5.82. The van der Waals surface area contributed by atoms with Gasteiger partial charge in [-0.05, 0) is 31.5 Å². The van der Waals surface area contributed by atoms with Crippen molar-refractivity contribution in [1.82, 2.24) is 4.90 Å². The predicted molar refractivity (Wildman–Crippen MR) is 79.8 cm³/mol. The first-order valence-corrected chi connectivity index (χ1v) is 7.90. The van der Waals surface area contributed by atoms with Crippen LogP contribution in [-0.4, -0.2) is 44.4 Å². The Hall–Kier alpha value is -0.420. The molecule has 0 spiro atoms. The second kappa shape index (κ2) is 7.39. The fourth-order valence-corrected chi connectivity index (χ4v) is 3.65. The lowest BCUT2D eigenvalue weighted by Crippen LogP contribution is -2.38. The summed E-state index contributed by atoms with van der Waals surface area (Å²) in [5.74, 6) is 0.733. The largest absolute Gasteiger partial charge is 0.376 e. The van der Waals surface area contributed by atoms with Gasteiger partial charge in [-0.25, -0.2) is 0 Å². The van der Waals surface area contributed by atoms with Gasteiger partial charge < -0.3 is 9.47 Å². The van der Waals surface area contributed by atoms with Gasteiger partial charge in [-0.3, -0.25) is 4.90 Å². The minimum absolute atomic E-state index is 0.230. The van der Waals surface area contributed by atoms with Crippen molar-refractivity contribution in [2.75, 3.05) is 33.4 Å². The Morgan fingerprint density at radius 3 is 2.79 bits per heavy atom. The first-order chi connectivity index (χ1) is 9.13. The number of rotatable bonds is 6. The van der Waals surface area contributed by atoms with E-state index in [0.717, 1.165) is 38.8 Å².